The van der Waals surface area contributed by atoms with E-state index < -0.39 is 0 Å². The number of hydrogen-bond donors (Lipinski definition) is 0. The molecule has 2 nitrogen and oxygen atoms in total. The number of carbonyl (C=O) groups is 1. The van der Waals surface area contributed by atoms with Crippen LogP contribution in [0.4, 0.5) is 0 Å². The number of carbonyl (C=O) groups excluding carboxylic acids is 1. The molecule has 0 heterocycles. The minimum Gasteiger partial charge on any atom is -0.466 e. The lowest BCUT2D eigenvalue weighted by Gasteiger charge is -2.16. The first-order valence-electron chi connectivity index (χ1n) is 9.90. The van der Waals surface area contributed by atoms with E-state index in [1.807, 2.05) is 0 Å². The summed E-state index contributed by atoms with van der Waals surface area (Å²) in [7, 11) is 0. The molecule has 0 saturated heterocycles. The van der Waals surface area contributed by atoms with Crippen molar-refractivity contribution >= 4 is 5.97 Å². The average molecular weight is 313 g/mol. The van der Waals surface area contributed by atoms with Crippen molar-refractivity contribution in [2.75, 3.05) is 6.61 Å². The molecule has 0 spiro atoms. The highest BCUT2D eigenvalue weighted by molar-refractivity contribution is 5.69. The summed E-state index contributed by atoms with van der Waals surface area (Å²) in [6.45, 7) is 7.31. The molecular formula is C20H40O2. The third-order valence-electron chi connectivity index (χ3n) is 4.40. The van der Waals surface area contributed by atoms with Gasteiger partial charge in [0, 0.05) is 6.42 Å². The zero-order chi connectivity index (χ0) is 16.5. The van der Waals surface area contributed by atoms with Gasteiger partial charge < -0.3 is 4.74 Å². The van der Waals surface area contributed by atoms with Crippen molar-refractivity contribution in [2.45, 2.75) is 111 Å². The first kappa shape index (κ1) is 21.5. The van der Waals surface area contributed by atoms with E-state index >= 15 is 0 Å². The van der Waals surface area contributed by atoms with Gasteiger partial charge in [0.2, 0.25) is 0 Å². The third kappa shape index (κ3) is 14.4. The fourth-order valence-electron chi connectivity index (χ4n) is 2.90. The Morgan fingerprint density at radius 3 is 1.77 bits per heavy atom. The van der Waals surface area contributed by atoms with Crippen molar-refractivity contribution in [3.05, 3.63) is 0 Å². The molecule has 0 bridgehead atoms. The van der Waals surface area contributed by atoms with E-state index in [-0.39, 0.29) is 5.97 Å². The molecule has 0 N–H and O–H groups in total. The number of esters is 1. The van der Waals surface area contributed by atoms with Crippen LogP contribution in [0.25, 0.3) is 0 Å². The topological polar surface area (TPSA) is 26.3 Å². The molecule has 0 aromatic carbocycles. The molecule has 132 valence electrons. The Morgan fingerprint density at radius 1 is 0.727 bits per heavy atom. The Kier molecular flexibility index (Phi) is 16.4. The Labute approximate surface area is 139 Å². The number of hydrogen-bond acceptors (Lipinski definition) is 2. The van der Waals surface area contributed by atoms with Gasteiger partial charge in [-0.15, -0.1) is 0 Å². The molecule has 0 radical (unpaired) electrons. The van der Waals surface area contributed by atoms with Crippen molar-refractivity contribution in [2.24, 2.45) is 5.92 Å². The summed E-state index contributed by atoms with van der Waals surface area (Å²) in [5.74, 6) is 0.583. The van der Waals surface area contributed by atoms with Gasteiger partial charge in [-0.25, -0.2) is 0 Å². The van der Waals surface area contributed by atoms with E-state index in [2.05, 4.69) is 20.8 Å². The molecule has 22 heavy (non-hydrogen) atoms. The summed E-state index contributed by atoms with van der Waals surface area (Å²) in [5, 5.41) is 0. The Morgan fingerprint density at radius 2 is 1.23 bits per heavy atom. The Hall–Kier alpha value is -0.530. The summed E-state index contributed by atoms with van der Waals surface area (Å²) in [4.78, 5) is 12.0. The summed E-state index contributed by atoms with van der Waals surface area (Å²) in [6.07, 6.45) is 16.7. The van der Waals surface area contributed by atoms with Crippen LogP contribution in [0.3, 0.4) is 0 Å². The first-order chi connectivity index (χ1) is 10.7. The van der Waals surface area contributed by atoms with Crippen molar-refractivity contribution in [1.82, 2.24) is 0 Å². The number of unbranched alkanes of at least 4 members (excludes halogenated alkanes) is 8. The summed E-state index contributed by atoms with van der Waals surface area (Å²) in [5.41, 5.74) is 0. The van der Waals surface area contributed by atoms with Gasteiger partial charge in [-0.2, -0.15) is 0 Å². The van der Waals surface area contributed by atoms with Gasteiger partial charge in [0.25, 0.3) is 0 Å². The van der Waals surface area contributed by atoms with Crippen LogP contribution in [-0.2, 0) is 9.53 Å². The van der Waals surface area contributed by atoms with Crippen LogP contribution in [0.1, 0.15) is 111 Å². The quantitative estimate of drug-likeness (QED) is 0.235. The van der Waals surface area contributed by atoms with E-state index in [0.717, 1.165) is 6.42 Å². The standard InChI is InChI=1S/C20H40O2/c1-4-7-10-11-14-17-22-20(21)18-19(15-12-8-5-2)16-13-9-6-3/h19H,4-18H2,1-3H3. The smallest absolute Gasteiger partial charge is 0.306 e. The lowest BCUT2D eigenvalue weighted by atomic mass is 9.92. The van der Waals surface area contributed by atoms with E-state index in [4.69, 9.17) is 4.74 Å². The predicted octanol–water partition coefficient (Wildman–Crippen LogP) is 6.67. The van der Waals surface area contributed by atoms with Crippen LogP contribution in [0.15, 0.2) is 0 Å². The minimum atomic E-state index is 0.0356. The van der Waals surface area contributed by atoms with Crippen LogP contribution in [-0.4, -0.2) is 12.6 Å². The fourth-order valence-corrected chi connectivity index (χ4v) is 2.90. The molecule has 0 aliphatic rings. The highest BCUT2D eigenvalue weighted by Crippen LogP contribution is 2.21. The fraction of sp³-hybridized carbons (Fsp3) is 0.950. The van der Waals surface area contributed by atoms with Crippen molar-refractivity contribution in [3.63, 3.8) is 0 Å². The van der Waals surface area contributed by atoms with Crippen LogP contribution >= 0.6 is 0 Å². The Balaban J connectivity index is 3.81. The van der Waals surface area contributed by atoms with Crippen molar-refractivity contribution in [1.29, 1.82) is 0 Å². The molecule has 0 rings (SSSR count). The average Bonchev–Trinajstić information content (AvgIpc) is 2.51. The molecule has 0 amide bonds. The molecule has 0 aromatic rings. The predicted molar refractivity (Wildman–Crippen MR) is 96.1 cm³/mol. The van der Waals surface area contributed by atoms with E-state index in [1.54, 1.807) is 0 Å². The van der Waals surface area contributed by atoms with Gasteiger partial charge in [-0.05, 0) is 25.2 Å². The molecule has 0 unspecified atom stereocenters. The third-order valence-corrected chi connectivity index (χ3v) is 4.40. The first-order valence-corrected chi connectivity index (χ1v) is 9.90. The van der Waals surface area contributed by atoms with Gasteiger partial charge in [0.1, 0.15) is 0 Å². The number of rotatable bonds is 16. The molecule has 2 heteroatoms. The molecule has 0 saturated carbocycles. The maximum absolute atomic E-state index is 12.0. The summed E-state index contributed by atoms with van der Waals surface area (Å²) < 4.78 is 5.43. The van der Waals surface area contributed by atoms with Crippen molar-refractivity contribution in [3.8, 4) is 0 Å². The molecule has 0 aliphatic heterocycles. The molecule has 0 atom stereocenters. The molecule has 0 aromatic heterocycles. The second kappa shape index (κ2) is 16.8. The monoisotopic (exact) mass is 312 g/mol. The van der Waals surface area contributed by atoms with E-state index in [1.165, 1.54) is 77.0 Å². The zero-order valence-corrected chi connectivity index (χ0v) is 15.5. The zero-order valence-electron chi connectivity index (χ0n) is 15.5. The largest absolute Gasteiger partial charge is 0.466 e. The summed E-state index contributed by atoms with van der Waals surface area (Å²) >= 11 is 0. The maximum atomic E-state index is 12.0. The van der Waals surface area contributed by atoms with Gasteiger partial charge in [0.15, 0.2) is 0 Å². The lowest BCUT2D eigenvalue weighted by molar-refractivity contribution is -0.145. The second-order valence-corrected chi connectivity index (χ2v) is 6.70. The van der Waals surface area contributed by atoms with Crippen LogP contribution in [0, 0.1) is 5.92 Å². The van der Waals surface area contributed by atoms with Gasteiger partial charge in [-0.3, -0.25) is 4.79 Å². The van der Waals surface area contributed by atoms with Gasteiger partial charge in [0.05, 0.1) is 6.61 Å². The van der Waals surface area contributed by atoms with E-state index in [0.29, 0.717) is 18.9 Å². The van der Waals surface area contributed by atoms with Crippen LogP contribution in [0.5, 0.6) is 0 Å². The molecule has 0 aliphatic carbocycles. The molecular weight excluding hydrogens is 272 g/mol. The van der Waals surface area contributed by atoms with Crippen molar-refractivity contribution < 1.29 is 9.53 Å². The highest BCUT2D eigenvalue weighted by atomic mass is 16.5. The minimum absolute atomic E-state index is 0.0356. The molecule has 0 fully saturated rings. The van der Waals surface area contributed by atoms with E-state index in [9.17, 15) is 4.79 Å². The normalized spacial score (nSPS) is 11.1. The van der Waals surface area contributed by atoms with Gasteiger partial charge >= 0.3 is 5.97 Å². The van der Waals surface area contributed by atoms with Crippen LogP contribution < -0.4 is 0 Å². The van der Waals surface area contributed by atoms with Crippen LogP contribution in [0.2, 0.25) is 0 Å². The second-order valence-electron chi connectivity index (χ2n) is 6.70. The highest BCUT2D eigenvalue weighted by Gasteiger charge is 2.14. The Bertz CT molecular complexity index is 228. The SMILES string of the molecule is CCCCCCCOC(=O)CC(CCCCC)CCCCC. The summed E-state index contributed by atoms with van der Waals surface area (Å²) in [6, 6.07) is 0. The van der Waals surface area contributed by atoms with Gasteiger partial charge in [-0.1, -0.05) is 85.0 Å². The lowest BCUT2D eigenvalue weighted by Crippen LogP contribution is -2.13. The maximum Gasteiger partial charge on any atom is 0.306 e. The number of ether oxygens (including phenoxy) is 1.